The van der Waals surface area contributed by atoms with E-state index in [0.717, 1.165) is 0 Å². The predicted octanol–water partition coefficient (Wildman–Crippen LogP) is 2.68. The van der Waals surface area contributed by atoms with Gasteiger partial charge >= 0.3 is 0 Å². The minimum Gasteiger partial charge on any atom is -0.203 e. The summed E-state index contributed by atoms with van der Waals surface area (Å²) in [6, 6.07) is 0. The third-order valence-electron chi connectivity index (χ3n) is 1.54. The molecule has 0 heterocycles. The molecule has 0 aromatic carbocycles. The van der Waals surface area contributed by atoms with E-state index >= 15 is 0 Å². The summed E-state index contributed by atoms with van der Waals surface area (Å²) in [5.74, 6) is -2.41. The Morgan fingerprint density at radius 1 is 0.875 bits per heavy atom. The summed E-state index contributed by atoms with van der Waals surface area (Å²) in [5.41, 5.74) is -1.44. The lowest BCUT2D eigenvalue weighted by Gasteiger charge is -2.12. The van der Waals surface area contributed by atoms with Gasteiger partial charge in [-0.05, 0) is 0 Å². The first-order chi connectivity index (χ1) is 7.54. The van der Waals surface area contributed by atoms with Crippen molar-refractivity contribution in [1.82, 2.24) is 0 Å². The van der Waals surface area contributed by atoms with Gasteiger partial charge in [0.15, 0.2) is 11.7 Å². The number of halogens is 4. The van der Waals surface area contributed by atoms with Crippen molar-refractivity contribution in [1.29, 1.82) is 10.5 Å². The van der Waals surface area contributed by atoms with Gasteiger partial charge in [0.2, 0.25) is 12.4 Å². The maximum absolute atomic E-state index is 13.4. The number of nitrogens with zero attached hydrogens (tertiary/aromatic N) is 4. The Morgan fingerprint density at radius 2 is 1.19 bits per heavy atom. The van der Waals surface area contributed by atoms with E-state index in [4.69, 9.17) is 33.7 Å². The highest BCUT2D eigenvalue weighted by molar-refractivity contribution is 6.57. The minimum absolute atomic E-state index is 0.719. The molecule has 0 saturated carbocycles. The molecule has 0 saturated heterocycles. The Balaban J connectivity index is 3.52. The van der Waals surface area contributed by atoms with Crippen LogP contribution in [0.5, 0.6) is 0 Å². The van der Waals surface area contributed by atoms with Crippen molar-refractivity contribution in [3.63, 3.8) is 0 Å². The Kier molecular flexibility index (Phi) is 3.73. The second kappa shape index (κ2) is 4.84. The van der Waals surface area contributed by atoms with Crippen molar-refractivity contribution >= 4 is 34.6 Å². The molecule has 0 unspecified atom stereocenters. The molecular formula is C8Cl2F2N4. The van der Waals surface area contributed by atoms with Gasteiger partial charge < -0.3 is 0 Å². The van der Waals surface area contributed by atoms with Crippen LogP contribution in [0.25, 0.3) is 0 Å². The van der Waals surface area contributed by atoms with Gasteiger partial charge in [0.25, 0.3) is 0 Å². The lowest BCUT2D eigenvalue weighted by molar-refractivity contribution is 0.658. The van der Waals surface area contributed by atoms with Gasteiger partial charge in [-0.25, -0.2) is 8.78 Å². The van der Waals surface area contributed by atoms with Crippen molar-refractivity contribution in [3.05, 3.63) is 21.7 Å². The molecule has 4 nitrogen and oxygen atoms in total. The van der Waals surface area contributed by atoms with Gasteiger partial charge in [0.05, 0.1) is 0 Å². The van der Waals surface area contributed by atoms with Gasteiger partial charge in [-0.2, -0.15) is 20.5 Å². The van der Waals surface area contributed by atoms with E-state index in [1.165, 1.54) is 12.4 Å². The average molecular weight is 261 g/mol. The van der Waals surface area contributed by atoms with E-state index in [2.05, 4.69) is 9.98 Å². The molecule has 8 heteroatoms. The summed E-state index contributed by atoms with van der Waals surface area (Å²) in [6.45, 7) is 0. The molecule has 0 aromatic heterocycles. The molecule has 1 aliphatic carbocycles. The lowest BCUT2D eigenvalue weighted by Crippen LogP contribution is -2.16. The Hall–Kier alpha value is -1.76. The van der Waals surface area contributed by atoms with E-state index in [0.29, 0.717) is 0 Å². The normalized spacial score (nSPS) is 21.4. The zero-order chi connectivity index (χ0) is 12.3. The van der Waals surface area contributed by atoms with Crippen LogP contribution in [0.2, 0.25) is 0 Å². The quantitative estimate of drug-likeness (QED) is 0.496. The number of hydrogen-bond donors (Lipinski definition) is 0. The molecule has 16 heavy (non-hydrogen) atoms. The van der Waals surface area contributed by atoms with Crippen LogP contribution in [-0.4, -0.2) is 11.4 Å². The second-order valence-electron chi connectivity index (χ2n) is 2.38. The highest BCUT2D eigenvalue weighted by Gasteiger charge is 2.31. The molecule has 1 rings (SSSR count). The van der Waals surface area contributed by atoms with Gasteiger partial charge in [-0.15, -0.1) is 0 Å². The van der Waals surface area contributed by atoms with Crippen molar-refractivity contribution in [2.24, 2.45) is 9.98 Å². The summed E-state index contributed by atoms with van der Waals surface area (Å²) in [4.78, 5) is 5.96. The molecule has 0 bridgehead atoms. The van der Waals surface area contributed by atoms with Crippen LogP contribution in [0.15, 0.2) is 31.7 Å². The molecule has 0 atom stereocenters. The van der Waals surface area contributed by atoms with Crippen molar-refractivity contribution in [2.45, 2.75) is 0 Å². The maximum atomic E-state index is 13.4. The Labute approximate surface area is 98.4 Å². The standard InChI is InChI=1S/C8Cl2F2N4/c9-3-6(12)8(16-2-14)4(10)5(11)7(3)15-1-13/b15-7-,16-8-. The first kappa shape index (κ1) is 12.3. The fraction of sp³-hybridized carbons (Fsp3) is 0. The fourth-order valence-corrected chi connectivity index (χ4v) is 1.33. The number of allylic oxidation sites excluding steroid dienone is 4. The number of rotatable bonds is 0. The van der Waals surface area contributed by atoms with E-state index < -0.39 is 33.1 Å². The molecule has 0 N–H and O–H groups in total. The smallest absolute Gasteiger partial charge is 0.203 e. The molecular weight excluding hydrogens is 261 g/mol. The van der Waals surface area contributed by atoms with Crippen LogP contribution in [0.4, 0.5) is 8.78 Å². The highest BCUT2D eigenvalue weighted by atomic mass is 35.5. The molecule has 0 amide bonds. The highest BCUT2D eigenvalue weighted by Crippen LogP contribution is 2.32. The second-order valence-corrected chi connectivity index (χ2v) is 3.13. The predicted molar refractivity (Wildman–Crippen MR) is 54.1 cm³/mol. The minimum atomic E-state index is -1.20. The third-order valence-corrected chi connectivity index (χ3v) is 2.23. The van der Waals surface area contributed by atoms with Gasteiger partial charge in [-0.3, -0.25) is 0 Å². The van der Waals surface area contributed by atoms with E-state index in [1.54, 1.807) is 0 Å². The largest absolute Gasteiger partial charge is 0.206 e. The van der Waals surface area contributed by atoms with Crippen molar-refractivity contribution < 1.29 is 8.78 Å². The summed E-state index contributed by atoms with van der Waals surface area (Å²) in [5, 5.41) is 15.0. The van der Waals surface area contributed by atoms with Crippen LogP contribution in [0.1, 0.15) is 0 Å². The summed E-state index contributed by atoms with van der Waals surface area (Å²) >= 11 is 10.8. The third kappa shape index (κ3) is 1.94. The van der Waals surface area contributed by atoms with E-state index in [1.807, 2.05) is 0 Å². The Morgan fingerprint density at radius 3 is 1.44 bits per heavy atom. The van der Waals surface area contributed by atoms with Crippen LogP contribution in [0, 0.1) is 22.9 Å². The summed E-state index contributed by atoms with van der Waals surface area (Å²) in [7, 11) is 0. The molecule has 0 fully saturated rings. The van der Waals surface area contributed by atoms with Gasteiger partial charge in [0.1, 0.15) is 21.5 Å². The SMILES string of the molecule is N#C/N=C1C(F)=C(Cl)/C(=N/C#N)C(F)=C\1Cl. The van der Waals surface area contributed by atoms with Gasteiger partial charge in [-0.1, -0.05) is 23.2 Å². The van der Waals surface area contributed by atoms with Gasteiger partial charge in [0, 0.05) is 0 Å². The zero-order valence-corrected chi connectivity index (χ0v) is 8.81. The number of aliphatic imine (C=N–C) groups is 2. The van der Waals surface area contributed by atoms with E-state index in [9.17, 15) is 8.78 Å². The number of hydrogen-bond acceptors (Lipinski definition) is 4. The lowest BCUT2D eigenvalue weighted by atomic mass is 10.1. The molecule has 0 radical (unpaired) electrons. The zero-order valence-electron chi connectivity index (χ0n) is 7.30. The van der Waals surface area contributed by atoms with Crippen molar-refractivity contribution in [2.75, 3.05) is 0 Å². The summed E-state index contributed by atoms with van der Waals surface area (Å²) in [6.07, 6.45) is 2.50. The molecule has 0 aromatic rings. The Bertz CT molecular complexity index is 467. The fourth-order valence-electron chi connectivity index (χ4n) is 0.905. The first-order valence-corrected chi connectivity index (χ1v) is 4.35. The van der Waals surface area contributed by atoms with Crippen LogP contribution >= 0.6 is 23.2 Å². The van der Waals surface area contributed by atoms with Crippen LogP contribution in [0.3, 0.4) is 0 Å². The molecule has 0 aliphatic heterocycles. The maximum Gasteiger partial charge on any atom is 0.206 e. The van der Waals surface area contributed by atoms with Crippen LogP contribution < -0.4 is 0 Å². The molecule has 1 aliphatic rings. The van der Waals surface area contributed by atoms with Crippen molar-refractivity contribution in [3.8, 4) is 12.4 Å². The topological polar surface area (TPSA) is 72.3 Å². The summed E-state index contributed by atoms with van der Waals surface area (Å²) < 4.78 is 26.8. The average Bonchev–Trinajstić information content (AvgIpc) is 2.28. The number of nitriles is 2. The molecule has 80 valence electrons. The monoisotopic (exact) mass is 260 g/mol. The van der Waals surface area contributed by atoms with E-state index in [-0.39, 0.29) is 0 Å². The first-order valence-electron chi connectivity index (χ1n) is 3.60. The van der Waals surface area contributed by atoms with Crippen LogP contribution in [-0.2, 0) is 0 Å². The molecule has 0 spiro atoms.